The van der Waals surface area contributed by atoms with E-state index >= 15 is 0 Å². The van der Waals surface area contributed by atoms with Crippen molar-refractivity contribution in [3.8, 4) is 5.75 Å². The van der Waals surface area contributed by atoms with Gasteiger partial charge in [-0.15, -0.1) is 0 Å². The standard InChI is InChI=1S/C22H32FNO3/c1-4-26-19-5-6-20-16(10-19)7-8-24-13-17(9-15(2)3)22(11-21(20)24)27-14-18(25)12-23/h5-6,10,15,17,21-22H,4,7-9,11-14H2,1-3H3/t17-,21-,22-/m0/s1/i23-1. The van der Waals surface area contributed by atoms with Crippen molar-refractivity contribution in [2.24, 2.45) is 11.8 Å². The summed E-state index contributed by atoms with van der Waals surface area (Å²) >= 11 is 0. The Hall–Kier alpha value is -1.46. The minimum Gasteiger partial charge on any atom is -0.494 e. The topological polar surface area (TPSA) is 38.8 Å². The van der Waals surface area contributed by atoms with Gasteiger partial charge >= 0.3 is 0 Å². The van der Waals surface area contributed by atoms with Gasteiger partial charge in [0.15, 0.2) is 12.5 Å². The first-order valence-corrected chi connectivity index (χ1v) is 10.2. The second-order valence-corrected chi connectivity index (χ2v) is 8.20. The molecule has 4 nitrogen and oxygen atoms in total. The van der Waals surface area contributed by atoms with Crippen molar-refractivity contribution in [2.75, 3.05) is 33.0 Å². The van der Waals surface area contributed by atoms with Gasteiger partial charge in [-0.2, -0.15) is 0 Å². The average molecular weight is 377 g/mol. The van der Waals surface area contributed by atoms with Gasteiger partial charge in [0.05, 0.1) is 12.7 Å². The molecule has 27 heavy (non-hydrogen) atoms. The highest BCUT2D eigenvalue weighted by Crippen LogP contribution is 2.41. The van der Waals surface area contributed by atoms with E-state index in [0.717, 1.165) is 38.1 Å². The van der Waals surface area contributed by atoms with Crippen LogP contribution < -0.4 is 4.74 Å². The molecule has 0 spiro atoms. The Morgan fingerprint density at radius 2 is 2.19 bits per heavy atom. The highest BCUT2D eigenvalue weighted by Gasteiger charge is 2.39. The summed E-state index contributed by atoms with van der Waals surface area (Å²) < 4.78 is 24.2. The van der Waals surface area contributed by atoms with Gasteiger partial charge in [0.25, 0.3) is 0 Å². The summed E-state index contributed by atoms with van der Waals surface area (Å²) in [5.41, 5.74) is 2.70. The highest BCUT2D eigenvalue weighted by molar-refractivity contribution is 5.80. The second-order valence-electron chi connectivity index (χ2n) is 8.20. The molecule has 2 aliphatic rings. The molecule has 0 bridgehead atoms. The number of ketones is 1. The van der Waals surface area contributed by atoms with Crippen LogP contribution in [0.5, 0.6) is 5.75 Å². The summed E-state index contributed by atoms with van der Waals surface area (Å²) in [6.07, 6.45) is 2.96. The fourth-order valence-corrected chi connectivity index (χ4v) is 4.60. The zero-order chi connectivity index (χ0) is 19.4. The van der Waals surface area contributed by atoms with Gasteiger partial charge < -0.3 is 9.47 Å². The molecule has 0 unspecified atom stereocenters. The Balaban J connectivity index is 1.78. The minimum absolute atomic E-state index is 0.00154. The normalized spacial score (nSPS) is 25.1. The molecule has 3 atom stereocenters. The fourth-order valence-electron chi connectivity index (χ4n) is 4.60. The van der Waals surface area contributed by atoms with Crippen LogP contribution in [-0.2, 0) is 16.0 Å². The van der Waals surface area contributed by atoms with Crippen LogP contribution in [0.3, 0.4) is 0 Å². The third-order valence-electron chi connectivity index (χ3n) is 5.73. The lowest BCUT2D eigenvalue weighted by Crippen LogP contribution is -2.49. The number of hydrogen-bond acceptors (Lipinski definition) is 4. The number of fused-ring (bicyclic) bond motifs is 3. The smallest absolute Gasteiger partial charge is 0.189 e. The van der Waals surface area contributed by atoms with Crippen molar-refractivity contribution in [3.05, 3.63) is 29.3 Å². The molecule has 0 radical (unpaired) electrons. The van der Waals surface area contributed by atoms with Gasteiger partial charge in [-0.1, -0.05) is 19.9 Å². The van der Waals surface area contributed by atoms with Crippen LogP contribution in [-0.4, -0.2) is 49.8 Å². The van der Waals surface area contributed by atoms with Crippen LogP contribution in [0.2, 0.25) is 0 Å². The number of nitrogens with zero attached hydrogens (tertiary/aromatic N) is 1. The van der Waals surface area contributed by atoms with E-state index in [4.69, 9.17) is 9.47 Å². The number of hydrogen-bond donors (Lipinski definition) is 0. The maximum Gasteiger partial charge on any atom is 0.189 e. The fraction of sp³-hybridized carbons (Fsp3) is 0.682. The Labute approximate surface area is 162 Å². The molecule has 2 aliphatic heterocycles. The van der Waals surface area contributed by atoms with E-state index in [9.17, 15) is 9.18 Å². The number of alkyl halides is 1. The average Bonchev–Trinajstić information content (AvgIpc) is 2.65. The van der Waals surface area contributed by atoms with Gasteiger partial charge in [-0.25, -0.2) is 4.39 Å². The van der Waals surface area contributed by atoms with Gasteiger partial charge in [-0.3, -0.25) is 9.69 Å². The molecule has 3 rings (SSSR count). The van der Waals surface area contributed by atoms with Crippen molar-refractivity contribution >= 4 is 5.78 Å². The quantitative estimate of drug-likeness (QED) is 0.688. The number of benzene rings is 1. The maximum atomic E-state index is 12.6. The molecule has 1 aromatic carbocycles. The van der Waals surface area contributed by atoms with E-state index in [1.54, 1.807) is 0 Å². The molecular formula is C22H32FNO3. The summed E-state index contributed by atoms with van der Waals surface area (Å²) in [5, 5.41) is 0. The molecule has 0 amide bonds. The lowest BCUT2D eigenvalue weighted by molar-refractivity contribution is -0.131. The van der Waals surface area contributed by atoms with Crippen LogP contribution in [0.25, 0.3) is 0 Å². The van der Waals surface area contributed by atoms with E-state index in [2.05, 4.69) is 36.9 Å². The van der Waals surface area contributed by atoms with Crippen molar-refractivity contribution < 1.29 is 18.7 Å². The van der Waals surface area contributed by atoms with E-state index < -0.39 is 12.5 Å². The lowest BCUT2D eigenvalue weighted by atomic mass is 9.79. The van der Waals surface area contributed by atoms with Gasteiger partial charge in [-0.05, 0) is 61.3 Å². The second kappa shape index (κ2) is 9.16. The Kier molecular flexibility index (Phi) is 6.88. The minimum atomic E-state index is -0.944. The predicted octanol–water partition coefficient (Wildman–Crippen LogP) is 3.97. The summed E-state index contributed by atoms with van der Waals surface area (Å²) in [7, 11) is 0. The maximum absolute atomic E-state index is 12.6. The van der Waals surface area contributed by atoms with Crippen LogP contribution in [0.1, 0.15) is 50.8 Å². The number of piperidine rings is 1. The first-order chi connectivity index (χ1) is 13.0. The third-order valence-corrected chi connectivity index (χ3v) is 5.73. The number of Topliss-reactive ketones (excluding diaryl/α,β-unsaturated/α-hetero) is 1. The van der Waals surface area contributed by atoms with E-state index in [1.165, 1.54) is 11.1 Å². The summed E-state index contributed by atoms with van der Waals surface area (Å²) in [6, 6.07) is 6.70. The van der Waals surface area contributed by atoms with Crippen LogP contribution >= 0.6 is 0 Å². The Bertz CT molecular complexity index is 648. The number of ether oxygens (including phenoxy) is 2. The molecule has 0 aliphatic carbocycles. The Morgan fingerprint density at radius 3 is 2.89 bits per heavy atom. The lowest BCUT2D eigenvalue weighted by Gasteiger charge is -2.47. The predicted molar refractivity (Wildman–Crippen MR) is 104 cm³/mol. The molecule has 5 heteroatoms. The molecule has 0 saturated carbocycles. The number of rotatable bonds is 8. The van der Waals surface area contributed by atoms with Gasteiger partial charge in [0.2, 0.25) is 0 Å². The molecule has 150 valence electrons. The molecule has 0 N–H and O–H groups in total. The Morgan fingerprint density at radius 1 is 1.37 bits per heavy atom. The molecule has 1 fully saturated rings. The highest BCUT2D eigenvalue weighted by atomic mass is 18.2. The molecule has 0 aromatic heterocycles. The third kappa shape index (κ3) is 4.88. The van der Waals surface area contributed by atoms with E-state index in [1.807, 2.05) is 6.92 Å². The molecule has 1 saturated heterocycles. The first-order valence-electron chi connectivity index (χ1n) is 10.2. The van der Waals surface area contributed by atoms with Crippen molar-refractivity contribution in [1.82, 2.24) is 4.90 Å². The largest absolute Gasteiger partial charge is 0.494 e. The summed E-state index contributed by atoms with van der Waals surface area (Å²) in [5.74, 6) is 1.42. The number of carbonyl (C=O) groups excluding carboxylic acids is 1. The zero-order valence-corrected chi connectivity index (χ0v) is 16.7. The summed E-state index contributed by atoms with van der Waals surface area (Å²) in [6.45, 7) is 8.07. The van der Waals surface area contributed by atoms with E-state index in [-0.39, 0.29) is 12.7 Å². The molecule has 1 aromatic rings. The number of carbonyl (C=O) groups is 1. The van der Waals surface area contributed by atoms with E-state index in [0.29, 0.717) is 24.5 Å². The van der Waals surface area contributed by atoms with Crippen LogP contribution in [0.4, 0.5) is 4.39 Å². The zero-order valence-electron chi connectivity index (χ0n) is 16.7. The van der Waals surface area contributed by atoms with Crippen LogP contribution in [0.15, 0.2) is 18.2 Å². The van der Waals surface area contributed by atoms with Crippen molar-refractivity contribution in [3.63, 3.8) is 0 Å². The first kappa shape index (κ1) is 20.3. The summed E-state index contributed by atoms with van der Waals surface area (Å²) in [4.78, 5) is 14.0. The van der Waals surface area contributed by atoms with Gasteiger partial charge in [0.1, 0.15) is 12.4 Å². The number of halogens is 1. The monoisotopic (exact) mass is 376 g/mol. The van der Waals surface area contributed by atoms with Gasteiger partial charge in [0, 0.05) is 19.1 Å². The molecule has 2 heterocycles. The molecular weight excluding hydrogens is 344 g/mol. The van der Waals surface area contributed by atoms with Crippen molar-refractivity contribution in [2.45, 2.75) is 52.2 Å². The van der Waals surface area contributed by atoms with Crippen molar-refractivity contribution in [1.29, 1.82) is 0 Å². The van der Waals surface area contributed by atoms with Crippen LogP contribution in [0, 0.1) is 11.8 Å². The SMILES string of the molecule is CCOc1ccc2c(c1)CCN1C[C@H](CC(C)C)[C@@H](OCC(=O)C[18F])C[C@@H]21.